The molecule has 2 rings (SSSR count). The van der Waals surface area contributed by atoms with Crippen LogP contribution in [-0.2, 0) is 0 Å². The lowest BCUT2D eigenvalue weighted by molar-refractivity contribution is 0.0763. The molecule has 6 heteroatoms. The zero-order chi connectivity index (χ0) is 14.8. The summed E-state index contributed by atoms with van der Waals surface area (Å²) in [5.74, 6) is 0. The SMILES string of the molecule is CN(CC(C)(CO)CO)c1cc(=O)[nH]c2cnccc12. The molecule has 0 spiro atoms. The second kappa shape index (κ2) is 5.60. The van der Waals surface area contributed by atoms with Gasteiger partial charge in [0.05, 0.1) is 30.6 Å². The molecule has 108 valence electrons. The number of aromatic nitrogens is 2. The van der Waals surface area contributed by atoms with Crippen LogP contribution in [0.1, 0.15) is 6.92 Å². The number of hydrogen-bond acceptors (Lipinski definition) is 5. The van der Waals surface area contributed by atoms with Crippen LogP contribution in [0.5, 0.6) is 0 Å². The third-order valence-electron chi connectivity index (χ3n) is 3.42. The van der Waals surface area contributed by atoms with Crippen LogP contribution in [0, 0.1) is 5.41 Å². The number of nitrogens with zero attached hydrogens (tertiary/aromatic N) is 2. The average Bonchev–Trinajstić information content (AvgIpc) is 2.46. The first-order valence-corrected chi connectivity index (χ1v) is 6.39. The van der Waals surface area contributed by atoms with E-state index >= 15 is 0 Å². The summed E-state index contributed by atoms with van der Waals surface area (Å²) < 4.78 is 0. The summed E-state index contributed by atoms with van der Waals surface area (Å²) >= 11 is 0. The van der Waals surface area contributed by atoms with Crippen LogP contribution in [0.25, 0.3) is 10.9 Å². The number of aliphatic hydroxyl groups excluding tert-OH is 2. The van der Waals surface area contributed by atoms with Gasteiger partial charge < -0.3 is 20.1 Å². The minimum absolute atomic E-state index is 0.128. The van der Waals surface area contributed by atoms with Gasteiger partial charge in [0.1, 0.15) is 0 Å². The smallest absolute Gasteiger partial charge is 0.250 e. The minimum atomic E-state index is -0.628. The summed E-state index contributed by atoms with van der Waals surface area (Å²) in [4.78, 5) is 20.3. The van der Waals surface area contributed by atoms with E-state index in [1.54, 1.807) is 19.3 Å². The lowest BCUT2D eigenvalue weighted by Gasteiger charge is -2.32. The van der Waals surface area contributed by atoms with Crippen molar-refractivity contribution in [3.05, 3.63) is 34.9 Å². The number of pyridine rings is 2. The third-order valence-corrected chi connectivity index (χ3v) is 3.42. The Bertz CT molecular complexity index is 649. The number of hydrogen-bond donors (Lipinski definition) is 3. The Morgan fingerprint density at radius 3 is 2.75 bits per heavy atom. The van der Waals surface area contributed by atoms with Gasteiger partial charge in [-0.25, -0.2) is 0 Å². The van der Waals surface area contributed by atoms with Gasteiger partial charge in [0.15, 0.2) is 0 Å². The molecule has 2 heterocycles. The molecule has 3 N–H and O–H groups in total. The van der Waals surface area contributed by atoms with Crippen LogP contribution < -0.4 is 10.5 Å². The number of nitrogens with one attached hydrogen (secondary N) is 1. The number of fused-ring (bicyclic) bond motifs is 1. The first-order valence-electron chi connectivity index (χ1n) is 6.39. The number of H-pyrrole nitrogens is 1. The molecular weight excluding hydrogens is 258 g/mol. The van der Waals surface area contributed by atoms with E-state index in [2.05, 4.69) is 9.97 Å². The summed E-state index contributed by atoms with van der Waals surface area (Å²) in [7, 11) is 1.83. The van der Waals surface area contributed by atoms with Crippen molar-refractivity contribution in [1.82, 2.24) is 9.97 Å². The maximum Gasteiger partial charge on any atom is 0.250 e. The van der Waals surface area contributed by atoms with E-state index in [0.717, 1.165) is 11.1 Å². The van der Waals surface area contributed by atoms with E-state index in [9.17, 15) is 15.0 Å². The standard InChI is InChI=1S/C14H19N3O3/c1-14(8-18,9-19)7-17(2)12-5-13(20)16-11-6-15-4-3-10(11)12/h3-6,18-19H,7-9H2,1-2H3,(H,16,20). The third kappa shape index (κ3) is 2.81. The van der Waals surface area contributed by atoms with Crippen molar-refractivity contribution in [2.24, 2.45) is 5.41 Å². The van der Waals surface area contributed by atoms with E-state index in [4.69, 9.17) is 0 Å². The Balaban J connectivity index is 2.44. The second-order valence-corrected chi connectivity index (χ2v) is 5.42. The van der Waals surface area contributed by atoms with Gasteiger partial charge in [-0.15, -0.1) is 0 Å². The van der Waals surface area contributed by atoms with Crippen molar-refractivity contribution in [3.63, 3.8) is 0 Å². The molecule has 2 aromatic heterocycles. The van der Waals surface area contributed by atoms with Crippen molar-refractivity contribution in [1.29, 1.82) is 0 Å². The van der Waals surface area contributed by atoms with E-state index in [1.807, 2.05) is 18.0 Å². The molecule has 0 saturated heterocycles. The molecule has 0 radical (unpaired) electrons. The quantitative estimate of drug-likeness (QED) is 0.734. The van der Waals surface area contributed by atoms with Crippen molar-refractivity contribution in [2.45, 2.75) is 6.92 Å². The molecule has 0 unspecified atom stereocenters. The zero-order valence-corrected chi connectivity index (χ0v) is 11.6. The predicted octanol–water partition coefficient (Wildman–Crippen LogP) is 0.350. The van der Waals surface area contributed by atoms with Crippen LogP contribution in [-0.4, -0.2) is 47.0 Å². The van der Waals surface area contributed by atoms with Crippen molar-refractivity contribution >= 4 is 16.6 Å². The van der Waals surface area contributed by atoms with E-state index in [1.165, 1.54) is 6.07 Å². The fraction of sp³-hybridized carbons (Fsp3) is 0.429. The molecule has 0 fully saturated rings. The van der Waals surface area contributed by atoms with E-state index in [0.29, 0.717) is 12.1 Å². The normalized spacial score (nSPS) is 11.8. The van der Waals surface area contributed by atoms with Crippen LogP contribution in [0.4, 0.5) is 5.69 Å². The highest BCUT2D eigenvalue weighted by atomic mass is 16.3. The van der Waals surface area contributed by atoms with Gasteiger partial charge in [-0.05, 0) is 6.07 Å². The summed E-state index contributed by atoms with van der Waals surface area (Å²) in [6.45, 7) is 1.97. The van der Waals surface area contributed by atoms with Crippen molar-refractivity contribution in [2.75, 3.05) is 31.7 Å². The van der Waals surface area contributed by atoms with Gasteiger partial charge in [-0.1, -0.05) is 6.92 Å². The molecule has 6 nitrogen and oxygen atoms in total. The van der Waals surface area contributed by atoms with Gasteiger partial charge in [-0.3, -0.25) is 9.78 Å². The van der Waals surface area contributed by atoms with Crippen LogP contribution in [0.2, 0.25) is 0 Å². The molecule has 20 heavy (non-hydrogen) atoms. The summed E-state index contributed by atoms with van der Waals surface area (Å²) in [6, 6.07) is 3.34. The Hall–Kier alpha value is -1.92. The van der Waals surface area contributed by atoms with E-state index in [-0.39, 0.29) is 18.8 Å². The van der Waals surface area contributed by atoms with Crippen LogP contribution in [0.3, 0.4) is 0 Å². The maximum absolute atomic E-state index is 11.7. The van der Waals surface area contributed by atoms with Gasteiger partial charge in [0.25, 0.3) is 5.56 Å². The molecule has 0 atom stereocenters. The highest BCUT2D eigenvalue weighted by Gasteiger charge is 2.25. The Labute approximate surface area is 116 Å². The fourth-order valence-corrected chi connectivity index (χ4v) is 2.21. The van der Waals surface area contributed by atoms with Crippen molar-refractivity contribution in [3.8, 4) is 0 Å². The fourth-order valence-electron chi connectivity index (χ4n) is 2.21. The Kier molecular flexibility index (Phi) is 4.06. The monoisotopic (exact) mass is 277 g/mol. The maximum atomic E-state index is 11.7. The molecule has 0 bridgehead atoms. The largest absolute Gasteiger partial charge is 0.396 e. The van der Waals surface area contributed by atoms with Crippen LogP contribution >= 0.6 is 0 Å². The lowest BCUT2D eigenvalue weighted by Crippen LogP contribution is -2.39. The van der Waals surface area contributed by atoms with Gasteiger partial charge in [0, 0.05) is 36.7 Å². The molecular formula is C14H19N3O3. The highest BCUT2D eigenvalue weighted by Crippen LogP contribution is 2.25. The molecule has 2 aromatic rings. The van der Waals surface area contributed by atoms with E-state index < -0.39 is 5.41 Å². The highest BCUT2D eigenvalue weighted by molar-refractivity contribution is 5.90. The molecule has 0 saturated carbocycles. The number of aliphatic hydroxyl groups is 2. The molecule has 0 amide bonds. The van der Waals surface area contributed by atoms with Gasteiger partial charge in [-0.2, -0.15) is 0 Å². The summed E-state index contributed by atoms with van der Waals surface area (Å²) in [5, 5.41) is 19.6. The summed E-state index contributed by atoms with van der Waals surface area (Å²) in [5.41, 5.74) is 0.578. The first-order chi connectivity index (χ1) is 9.49. The second-order valence-electron chi connectivity index (χ2n) is 5.42. The minimum Gasteiger partial charge on any atom is -0.396 e. The molecule has 0 aliphatic heterocycles. The predicted molar refractivity (Wildman–Crippen MR) is 77.9 cm³/mol. The summed E-state index contributed by atoms with van der Waals surface area (Å²) in [6.07, 6.45) is 3.26. The number of anilines is 1. The average molecular weight is 277 g/mol. The molecule has 0 aliphatic carbocycles. The first kappa shape index (κ1) is 14.5. The van der Waals surface area contributed by atoms with Gasteiger partial charge >= 0.3 is 0 Å². The van der Waals surface area contributed by atoms with Gasteiger partial charge in [0.2, 0.25) is 0 Å². The number of rotatable bonds is 5. The number of aromatic amines is 1. The molecule has 0 aliphatic rings. The van der Waals surface area contributed by atoms with Crippen molar-refractivity contribution < 1.29 is 10.2 Å². The topological polar surface area (TPSA) is 89.5 Å². The lowest BCUT2D eigenvalue weighted by atomic mass is 9.92. The van der Waals surface area contributed by atoms with Crippen LogP contribution in [0.15, 0.2) is 29.3 Å². The zero-order valence-electron chi connectivity index (χ0n) is 11.6. The Morgan fingerprint density at radius 2 is 2.10 bits per heavy atom. The Morgan fingerprint density at radius 1 is 1.40 bits per heavy atom. The molecule has 0 aromatic carbocycles.